The lowest BCUT2D eigenvalue weighted by atomic mass is 10.0. The molecule has 1 aliphatic rings. The number of halogens is 1. The van der Waals surface area contributed by atoms with Gasteiger partial charge in [0.25, 0.3) is 5.91 Å². The maximum atomic E-state index is 11.9. The maximum Gasteiger partial charge on any atom is 0.255 e. The lowest BCUT2D eigenvalue weighted by Gasteiger charge is -2.19. The van der Waals surface area contributed by atoms with Crippen LogP contribution in [0.1, 0.15) is 29.6 Å². The van der Waals surface area contributed by atoms with Crippen LogP contribution in [0.5, 0.6) is 5.75 Å². The van der Waals surface area contributed by atoms with Crippen molar-refractivity contribution in [2.24, 2.45) is 0 Å². The van der Waals surface area contributed by atoms with Gasteiger partial charge in [-0.25, -0.2) is 0 Å². The number of hydrogen-bond donors (Lipinski definition) is 2. The number of phenols is 1. The molecule has 4 heteroatoms. The van der Waals surface area contributed by atoms with E-state index in [1.807, 2.05) is 0 Å². The van der Waals surface area contributed by atoms with Gasteiger partial charge in [0.05, 0.1) is 5.56 Å². The summed E-state index contributed by atoms with van der Waals surface area (Å²) in [6.07, 6.45) is 6.93. The molecule has 90 valence electrons. The van der Waals surface area contributed by atoms with Crippen molar-refractivity contribution in [3.05, 3.63) is 40.9 Å². The number of nitrogens with one attached hydrogen (secondary N) is 1. The lowest BCUT2D eigenvalue weighted by molar-refractivity contribution is 0.0932. The minimum Gasteiger partial charge on any atom is -0.507 e. The van der Waals surface area contributed by atoms with E-state index in [2.05, 4.69) is 17.5 Å². The summed E-state index contributed by atoms with van der Waals surface area (Å²) >= 11 is 5.80. The summed E-state index contributed by atoms with van der Waals surface area (Å²) in [6.45, 7) is 0. The maximum absolute atomic E-state index is 11.9. The molecule has 0 heterocycles. The second kappa shape index (κ2) is 5.23. The zero-order valence-electron chi connectivity index (χ0n) is 9.32. The standard InChI is InChI=1S/C13H14ClNO2/c14-9-6-7-12(16)11(8-9)13(17)15-10-4-2-1-3-5-10/h1-2,6-8,10,16H,3-5H2,(H,15,17). The SMILES string of the molecule is O=C(NC1CC=CCC1)c1cc(Cl)ccc1O. The number of benzene rings is 1. The van der Waals surface area contributed by atoms with Crippen molar-refractivity contribution in [2.75, 3.05) is 0 Å². The van der Waals surface area contributed by atoms with E-state index in [4.69, 9.17) is 11.6 Å². The molecule has 17 heavy (non-hydrogen) atoms. The average molecular weight is 252 g/mol. The Labute approximate surface area is 105 Å². The molecule has 0 aliphatic heterocycles. The molecule has 0 saturated heterocycles. The second-order valence-electron chi connectivity index (χ2n) is 4.12. The Morgan fingerprint density at radius 3 is 2.94 bits per heavy atom. The van der Waals surface area contributed by atoms with Crippen LogP contribution in [0.3, 0.4) is 0 Å². The van der Waals surface area contributed by atoms with E-state index in [9.17, 15) is 9.90 Å². The van der Waals surface area contributed by atoms with Crippen molar-refractivity contribution < 1.29 is 9.90 Å². The van der Waals surface area contributed by atoms with Gasteiger partial charge in [0.15, 0.2) is 0 Å². The predicted octanol–water partition coefficient (Wildman–Crippen LogP) is 2.88. The second-order valence-corrected chi connectivity index (χ2v) is 4.55. The van der Waals surface area contributed by atoms with Gasteiger partial charge in [-0.2, -0.15) is 0 Å². The monoisotopic (exact) mass is 251 g/mol. The fourth-order valence-corrected chi connectivity index (χ4v) is 2.05. The summed E-state index contributed by atoms with van der Waals surface area (Å²) in [4.78, 5) is 11.9. The van der Waals surface area contributed by atoms with E-state index in [-0.39, 0.29) is 23.3 Å². The van der Waals surface area contributed by atoms with Crippen molar-refractivity contribution in [1.29, 1.82) is 0 Å². The van der Waals surface area contributed by atoms with Crippen LogP contribution in [0.15, 0.2) is 30.4 Å². The zero-order chi connectivity index (χ0) is 12.3. The molecule has 0 radical (unpaired) electrons. The first-order valence-corrected chi connectivity index (χ1v) is 5.99. The molecule has 1 aliphatic carbocycles. The molecule has 1 amide bonds. The number of aromatic hydroxyl groups is 1. The Balaban J connectivity index is 2.08. The summed E-state index contributed by atoms with van der Waals surface area (Å²) in [5.74, 6) is -0.316. The van der Waals surface area contributed by atoms with Crippen LogP contribution in [0.4, 0.5) is 0 Å². The van der Waals surface area contributed by atoms with Crippen molar-refractivity contribution in [2.45, 2.75) is 25.3 Å². The van der Waals surface area contributed by atoms with Gasteiger partial charge in [-0.1, -0.05) is 23.8 Å². The highest BCUT2D eigenvalue weighted by Crippen LogP contribution is 2.22. The van der Waals surface area contributed by atoms with Gasteiger partial charge in [-0.3, -0.25) is 4.79 Å². The molecule has 0 saturated carbocycles. The molecule has 0 fully saturated rings. The van der Waals surface area contributed by atoms with Crippen LogP contribution >= 0.6 is 11.6 Å². The molecule has 1 unspecified atom stereocenters. The number of rotatable bonds is 2. The Kier molecular flexibility index (Phi) is 3.69. The molecule has 1 aromatic carbocycles. The van der Waals surface area contributed by atoms with Gasteiger partial charge in [0.2, 0.25) is 0 Å². The van der Waals surface area contributed by atoms with Gasteiger partial charge >= 0.3 is 0 Å². The van der Waals surface area contributed by atoms with Crippen LogP contribution in [-0.4, -0.2) is 17.1 Å². The molecule has 0 spiro atoms. The van der Waals surface area contributed by atoms with Gasteiger partial charge in [0, 0.05) is 11.1 Å². The molecular formula is C13H14ClNO2. The van der Waals surface area contributed by atoms with E-state index >= 15 is 0 Å². The Bertz CT molecular complexity index is 457. The largest absolute Gasteiger partial charge is 0.507 e. The molecule has 0 aromatic heterocycles. The van der Waals surface area contributed by atoms with Crippen molar-refractivity contribution >= 4 is 17.5 Å². The smallest absolute Gasteiger partial charge is 0.255 e. The van der Waals surface area contributed by atoms with Gasteiger partial charge in [-0.05, 0) is 37.5 Å². The molecule has 2 rings (SSSR count). The van der Waals surface area contributed by atoms with E-state index in [0.29, 0.717) is 5.02 Å². The highest BCUT2D eigenvalue weighted by Gasteiger charge is 2.16. The highest BCUT2D eigenvalue weighted by molar-refractivity contribution is 6.31. The Hall–Kier alpha value is -1.48. The van der Waals surface area contributed by atoms with Crippen LogP contribution < -0.4 is 5.32 Å². The minimum atomic E-state index is -0.273. The van der Waals surface area contributed by atoms with Crippen molar-refractivity contribution in [3.8, 4) is 5.75 Å². The van der Waals surface area contributed by atoms with Gasteiger partial charge in [-0.15, -0.1) is 0 Å². The zero-order valence-corrected chi connectivity index (χ0v) is 10.1. The van der Waals surface area contributed by atoms with E-state index in [1.54, 1.807) is 6.07 Å². The van der Waals surface area contributed by atoms with E-state index in [0.717, 1.165) is 19.3 Å². The fourth-order valence-electron chi connectivity index (χ4n) is 1.88. The number of allylic oxidation sites excluding steroid dienone is 1. The molecule has 1 aromatic rings. The molecule has 3 nitrogen and oxygen atoms in total. The van der Waals surface area contributed by atoms with Crippen molar-refractivity contribution in [1.82, 2.24) is 5.32 Å². The van der Waals surface area contributed by atoms with Crippen LogP contribution in [0, 0.1) is 0 Å². The average Bonchev–Trinajstić information content (AvgIpc) is 2.33. The van der Waals surface area contributed by atoms with Crippen molar-refractivity contribution in [3.63, 3.8) is 0 Å². The molecule has 2 N–H and O–H groups in total. The third-order valence-electron chi connectivity index (χ3n) is 2.81. The first kappa shape index (κ1) is 12.0. The molecule has 0 bridgehead atoms. The quantitative estimate of drug-likeness (QED) is 0.794. The van der Waals surface area contributed by atoms with Gasteiger partial charge < -0.3 is 10.4 Å². The third kappa shape index (κ3) is 3.01. The molecule has 1 atom stereocenters. The number of carbonyl (C=O) groups is 1. The third-order valence-corrected chi connectivity index (χ3v) is 3.04. The first-order valence-electron chi connectivity index (χ1n) is 5.61. The number of phenolic OH excluding ortho intramolecular Hbond substituents is 1. The topological polar surface area (TPSA) is 49.3 Å². The summed E-state index contributed by atoms with van der Waals surface area (Å²) in [5, 5.41) is 12.9. The Morgan fingerprint density at radius 2 is 2.24 bits per heavy atom. The minimum absolute atomic E-state index is 0.0433. The molecular weight excluding hydrogens is 238 g/mol. The Morgan fingerprint density at radius 1 is 1.41 bits per heavy atom. The van der Waals surface area contributed by atoms with E-state index < -0.39 is 0 Å². The number of carbonyl (C=O) groups excluding carboxylic acids is 1. The first-order chi connectivity index (χ1) is 8.16. The lowest BCUT2D eigenvalue weighted by Crippen LogP contribution is -2.35. The summed E-state index contributed by atoms with van der Waals surface area (Å²) in [7, 11) is 0. The van der Waals surface area contributed by atoms with Crippen LogP contribution in [0.25, 0.3) is 0 Å². The summed E-state index contributed by atoms with van der Waals surface area (Å²) in [6, 6.07) is 4.60. The summed E-state index contributed by atoms with van der Waals surface area (Å²) < 4.78 is 0. The number of amides is 1. The van der Waals surface area contributed by atoms with Gasteiger partial charge in [0.1, 0.15) is 5.75 Å². The predicted molar refractivity (Wildman–Crippen MR) is 67.4 cm³/mol. The summed E-state index contributed by atoms with van der Waals surface area (Å²) in [5.41, 5.74) is 0.229. The van der Waals surface area contributed by atoms with Crippen LogP contribution in [0.2, 0.25) is 5.02 Å². The fraction of sp³-hybridized carbons (Fsp3) is 0.308. The van der Waals surface area contributed by atoms with Crippen LogP contribution in [-0.2, 0) is 0 Å². The van der Waals surface area contributed by atoms with E-state index in [1.165, 1.54) is 12.1 Å². The number of hydrogen-bond acceptors (Lipinski definition) is 2. The normalized spacial score (nSPS) is 19.0. The highest BCUT2D eigenvalue weighted by atomic mass is 35.5.